The standard InChI is InChI=1S/C27H22F3N3O4/c28-27(29,30)22-4-2-1-3-20(22)25(35)33-15-13-32(14-16-33)24-10-8-18(11-12-31-24)5-6-19-7-9-23(34)21(17-19)26(36)37/h1-4,7-12,17-18,34H,13-16H2,(H,36,37). The zero-order valence-electron chi connectivity index (χ0n) is 19.4. The highest BCUT2D eigenvalue weighted by atomic mass is 19.4. The summed E-state index contributed by atoms with van der Waals surface area (Å²) in [7, 11) is 0. The number of aromatic hydroxyl groups is 1. The first kappa shape index (κ1) is 25.6. The van der Waals surface area contributed by atoms with Gasteiger partial charge < -0.3 is 20.0 Å². The van der Waals surface area contributed by atoms with Crippen LogP contribution in [0.1, 0.15) is 31.8 Å². The highest BCUT2D eigenvalue weighted by Gasteiger charge is 2.36. The molecule has 2 aliphatic heterocycles. The SMILES string of the molecule is O=C(O)c1cc(C#CC2C=CN=C(N3CCN(C(=O)c4ccccc4C(F)(F)F)CC3)C=C2)ccc1O. The molecule has 2 aromatic carbocycles. The summed E-state index contributed by atoms with van der Waals surface area (Å²) in [6, 6.07) is 8.88. The Labute approximate surface area is 210 Å². The average molecular weight is 509 g/mol. The summed E-state index contributed by atoms with van der Waals surface area (Å²) < 4.78 is 39.9. The Bertz CT molecular complexity index is 1360. The molecule has 2 aromatic rings. The monoisotopic (exact) mass is 509 g/mol. The number of piperazine rings is 1. The van der Waals surface area contributed by atoms with E-state index in [9.17, 15) is 27.9 Å². The van der Waals surface area contributed by atoms with Crippen molar-refractivity contribution < 1.29 is 33.0 Å². The van der Waals surface area contributed by atoms with Crippen molar-refractivity contribution in [3.8, 4) is 17.6 Å². The number of hydrogen-bond acceptors (Lipinski definition) is 5. The second-order valence-corrected chi connectivity index (χ2v) is 8.34. The zero-order chi connectivity index (χ0) is 26.6. The van der Waals surface area contributed by atoms with Crippen LogP contribution in [0, 0.1) is 17.8 Å². The van der Waals surface area contributed by atoms with Gasteiger partial charge in [-0.25, -0.2) is 9.79 Å². The summed E-state index contributed by atoms with van der Waals surface area (Å²) in [5, 5.41) is 18.8. The van der Waals surface area contributed by atoms with E-state index >= 15 is 0 Å². The van der Waals surface area contributed by atoms with Crippen LogP contribution in [0.4, 0.5) is 13.2 Å². The van der Waals surface area contributed by atoms with Crippen molar-refractivity contribution >= 4 is 17.7 Å². The number of benzene rings is 2. The topological polar surface area (TPSA) is 93.4 Å². The van der Waals surface area contributed by atoms with Crippen LogP contribution in [0.3, 0.4) is 0 Å². The molecule has 1 amide bonds. The minimum absolute atomic E-state index is 0.233. The van der Waals surface area contributed by atoms with E-state index in [1.807, 2.05) is 11.0 Å². The molecule has 1 saturated heterocycles. The van der Waals surface area contributed by atoms with Crippen LogP contribution in [0.2, 0.25) is 0 Å². The number of amides is 1. The van der Waals surface area contributed by atoms with E-state index in [2.05, 4.69) is 16.8 Å². The smallest absolute Gasteiger partial charge is 0.417 e. The van der Waals surface area contributed by atoms with Gasteiger partial charge in [-0.1, -0.05) is 30.0 Å². The molecule has 1 fully saturated rings. The fourth-order valence-corrected chi connectivity index (χ4v) is 3.97. The lowest BCUT2D eigenvalue weighted by atomic mass is 10.1. The predicted molar refractivity (Wildman–Crippen MR) is 130 cm³/mol. The molecule has 2 N–H and O–H groups in total. The molecule has 0 aromatic heterocycles. The van der Waals surface area contributed by atoms with E-state index < -0.39 is 23.6 Å². The fraction of sp³-hybridized carbons (Fsp3) is 0.222. The van der Waals surface area contributed by atoms with Gasteiger partial charge in [-0.15, -0.1) is 0 Å². The second-order valence-electron chi connectivity index (χ2n) is 8.34. The van der Waals surface area contributed by atoms with E-state index in [1.54, 1.807) is 18.4 Å². The van der Waals surface area contributed by atoms with Crippen molar-refractivity contribution in [1.29, 1.82) is 0 Å². The maximum absolute atomic E-state index is 13.3. The van der Waals surface area contributed by atoms with Crippen molar-refractivity contribution in [2.24, 2.45) is 10.9 Å². The first-order chi connectivity index (χ1) is 17.6. The third-order valence-electron chi connectivity index (χ3n) is 5.92. The number of aromatic carboxylic acids is 1. The lowest BCUT2D eigenvalue weighted by molar-refractivity contribution is -0.138. The highest BCUT2D eigenvalue weighted by Crippen LogP contribution is 2.32. The molecular weight excluding hydrogens is 487 g/mol. The third-order valence-corrected chi connectivity index (χ3v) is 5.92. The molecule has 10 heteroatoms. The van der Waals surface area contributed by atoms with Crippen molar-refractivity contribution in [3.05, 3.63) is 89.1 Å². The number of phenols is 1. The first-order valence-corrected chi connectivity index (χ1v) is 11.3. The minimum atomic E-state index is -4.61. The van der Waals surface area contributed by atoms with Gasteiger partial charge in [0.05, 0.1) is 17.0 Å². The summed E-state index contributed by atoms with van der Waals surface area (Å²) in [6.45, 7) is 1.30. The Morgan fingerprint density at radius 1 is 1.00 bits per heavy atom. The average Bonchev–Trinajstić information content (AvgIpc) is 3.13. The third kappa shape index (κ3) is 6.01. The Morgan fingerprint density at radius 3 is 2.43 bits per heavy atom. The molecule has 2 heterocycles. The number of carboxylic acids is 1. The van der Waals surface area contributed by atoms with Gasteiger partial charge in [0, 0.05) is 37.9 Å². The number of rotatable bonds is 2. The van der Waals surface area contributed by atoms with E-state index in [0.29, 0.717) is 24.5 Å². The van der Waals surface area contributed by atoms with Crippen molar-refractivity contribution in [3.63, 3.8) is 0 Å². The van der Waals surface area contributed by atoms with Gasteiger partial charge in [-0.05, 0) is 42.5 Å². The number of halogens is 3. The van der Waals surface area contributed by atoms with Crippen molar-refractivity contribution in [2.75, 3.05) is 26.2 Å². The molecular formula is C27H22F3N3O4. The van der Waals surface area contributed by atoms with Gasteiger partial charge in [-0.2, -0.15) is 13.2 Å². The highest BCUT2D eigenvalue weighted by molar-refractivity contribution is 5.97. The fourth-order valence-electron chi connectivity index (χ4n) is 3.97. The van der Waals surface area contributed by atoms with Gasteiger partial charge in [-0.3, -0.25) is 4.79 Å². The normalized spacial score (nSPS) is 17.5. The summed E-state index contributed by atoms with van der Waals surface area (Å²) in [4.78, 5) is 31.8. The van der Waals surface area contributed by atoms with E-state index in [4.69, 9.17) is 5.11 Å². The molecule has 2 aliphatic rings. The maximum Gasteiger partial charge on any atom is 0.417 e. The number of allylic oxidation sites excluding steroid dienone is 2. The van der Waals surface area contributed by atoms with Gasteiger partial charge in [0.2, 0.25) is 0 Å². The molecule has 1 atom stereocenters. The van der Waals surface area contributed by atoms with Gasteiger partial charge in [0.25, 0.3) is 5.91 Å². The van der Waals surface area contributed by atoms with Crippen LogP contribution in [0.15, 0.2) is 71.9 Å². The molecule has 7 nitrogen and oxygen atoms in total. The Kier molecular flexibility index (Phi) is 7.34. The summed E-state index contributed by atoms with van der Waals surface area (Å²) >= 11 is 0. The quantitative estimate of drug-likeness (QED) is 0.597. The molecule has 0 radical (unpaired) electrons. The van der Waals surface area contributed by atoms with Crippen molar-refractivity contribution in [2.45, 2.75) is 6.18 Å². The predicted octanol–water partition coefficient (Wildman–Crippen LogP) is 4.02. The molecule has 0 bridgehead atoms. The Hall–Kier alpha value is -4.52. The Morgan fingerprint density at radius 2 is 1.73 bits per heavy atom. The number of hydrogen-bond donors (Lipinski definition) is 2. The summed E-state index contributed by atoms with van der Waals surface area (Å²) in [5.74, 6) is 4.00. The lowest BCUT2D eigenvalue weighted by Crippen LogP contribution is -2.50. The largest absolute Gasteiger partial charge is 0.507 e. The summed E-state index contributed by atoms with van der Waals surface area (Å²) in [5.41, 5.74) is -1.09. The molecule has 4 rings (SSSR count). The number of carbonyl (C=O) groups excluding carboxylic acids is 1. The van der Waals surface area contributed by atoms with Gasteiger partial charge >= 0.3 is 12.1 Å². The molecule has 0 aliphatic carbocycles. The van der Waals surface area contributed by atoms with E-state index in [-0.39, 0.29) is 35.9 Å². The number of amidine groups is 1. The van der Waals surface area contributed by atoms with Crippen LogP contribution >= 0.6 is 0 Å². The second kappa shape index (κ2) is 10.6. The van der Waals surface area contributed by atoms with Crippen LogP contribution in [-0.2, 0) is 6.18 Å². The van der Waals surface area contributed by atoms with Crippen molar-refractivity contribution in [1.82, 2.24) is 9.80 Å². The number of carbonyl (C=O) groups is 2. The van der Waals surface area contributed by atoms with Crippen LogP contribution in [0.25, 0.3) is 0 Å². The van der Waals surface area contributed by atoms with E-state index in [0.717, 1.165) is 6.07 Å². The number of carboxylic acid groups (broad SMARTS) is 1. The van der Waals surface area contributed by atoms with Crippen LogP contribution in [0.5, 0.6) is 5.75 Å². The zero-order valence-corrected chi connectivity index (χ0v) is 19.4. The summed E-state index contributed by atoms with van der Waals surface area (Å²) in [6.07, 6.45) is 2.37. The van der Waals surface area contributed by atoms with Crippen LogP contribution in [-0.4, -0.2) is 63.9 Å². The molecule has 1 unspecified atom stereocenters. The molecule has 0 saturated carbocycles. The number of alkyl halides is 3. The van der Waals surface area contributed by atoms with Gasteiger partial charge in [0.1, 0.15) is 17.1 Å². The number of aliphatic imine (C=N–C) groups is 1. The van der Waals surface area contributed by atoms with Crippen LogP contribution < -0.4 is 0 Å². The lowest BCUT2D eigenvalue weighted by Gasteiger charge is -2.36. The molecule has 0 spiro atoms. The number of nitrogens with zero attached hydrogens (tertiary/aromatic N) is 3. The minimum Gasteiger partial charge on any atom is -0.507 e. The maximum atomic E-state index is 13.3. The first-order valence-electron chi connectivity index (χ1n) is 11.3. The van der Waals surface area contributed by atoms with E-state index in [1.165, 1.54) is 41.3 Å². The molecule has 37 heavy (non-hydrogen) atoms. The van der Waals surface area contributed by atoms with Gasteiger partial charge in [0.15, 0.2) is 0 Å². The Balaban J connectivity index is 1.39. The molecule has 190 valence electrons.